The van der Waals surface area contributed by atoms with Crippen LogP contribution < -0.4 is 11.1 Å². The quantitative estimate of drug-likeness (QED) is 0.828. The van der Waals surface area contributed by atoms with E-state index in [9.17, 15) is 4.79 Å². The number of rotatable bonds is 3. The zero-order valence-corrected chi connectivity index (χ0v) is 9.13. The van der Waals surface area contributed by atoms with Gasteiger partial charge in [0.05, 0.1) is 18.3 Å². The van der Waals surface area contributed by atoms with E-state index < -0.39 is 0 Å². The number of hydrogen-bond donors (Lipinski definition) is 2. The Balaban J connectivity index is 1.96. The third kappa shape index (κ3) is 3.27. The SMILES string of the molecule is Nc1ccc(NC(=O)Cc2ccncc2)nc1. The summed E-state index contributed by atoms with van der Waals surface area (Å²) in [5.74, 6) is 0.381. The monoisotopic (exact) mass is 228 g/mol. The highest BCUT2D eigenvalue weighted by molar-refractivity contribution is 5.91. The second-order valence-corrected chi connectivity index (χ2v) is 3.56. The first-order valence-corrected chi connectivity index (χ1v) is 5.14. The van der Waals surface area contributed by atoms with Crippen LogP contribution in [0.15, 0.2) is 42.9 Å². The molecule has 2 aromatic heterocycles. The lowest BCUT2D eigenvalue weighted by atomic mass is 10.2. The Labute approximate surface area is 98.7 Å². The predicted molar refractivity (Wildman–Crippen MR) is 65.2 cm³/mol. The van der Waals surface area contributed by atoms with Crippen LogP contribution in [0, 0.1) is 0 Å². The molecular formula is C12H12N4O. The summed E-state index contributed by atoms with van der Waals surface area (Å²) in [6.45, 7) is 0. The molecule has 0 saturated carbocycles. The number of carbonyl (C=O) groups is 1. The molecule has 0 fully saturated rings. The van der Waals surface area contributed by atoms with E-state index in [1.165, 1.54) is 6.20 Å². The first-order valence-electron chi connectivity index (χ1n) is 5.14. The standard InChI is InChI=1S/C12H12N4O/c13-10-1-2-11(15-8-10)16-12(17)7-9-3-5-14-6-4-9/h1-6,8H,7,13H2,(H,15,16,17). The van der Waals surface area contributed by atoms with E-state index in [0.29, 0.717) is 17.9 Å². The molecular weight excluding hydrogens is 216 g/mol. The number of aromatic nitrogens is 2. The fourth-order valence-electron chi connectivity index (χ4n) is 1.35. The van der Waals surface area contributed by atoms with Crippen molar-refractivity contribution in [2.24, 2.45) is 0 Å². The number of nitrogen functional groups attached to an aromatic ring is 1. The van der Waals surface area contributed by atoms with Gasteiger partial charge >= 0.3 is 0 Å². The topological polar surface area (TPSA) is 80.9 Å². The van der Waals surface area contributed by atoms with Gasteiger partial charge < -0.3 is 11.1 Å². The maximum Gasteiger partial charge on any atom is 0.229 e. The van der Waals surface area contributed by atoms with Gasteiger partial charge in [0, 0.05) is 12.4 Å². The van der Waals surface area contributed by atoms with Gasteiger partial charge in [-0.2, -0.15) is 0 Å². The molecule has 0 bridgehead atoms. The number of amides is 1. The van der Waals surface area contributed by atoms with Crippen LogP contribution in [0.25, 0.3) is 0 Å². The Hall–Kier alpha value is -2.43. The third-order valence-corrected chi connectivity index (χ3v) is 2.17. The van der Waals surface area contributed by atoms with Crippen molar-refractivity contribution < 1.29 is 4.79 Å². The summed E-state index contributed by atoms with van der Waals surface area (Å²) in [6, 6.07) is 6.96. The summed E-state index contributed by atoms with van der Waals surface area (Å²) in [6.07, 6.45) is 5.12. The maximum atomic E-state index is 11.7. The lowest BCUT2D eigenvalue weighted by Crippen LogP contribution is -2.15. The second-order valence-electron chi connectivity index (χ2n) is 3.56. The Morgan fingerprint density at radius 3 is 2.65 bits per heavy atom. The summed E-state index contributed by atoms with van der Waals surface area (Å²) < 4.78 is 0. The molecule has 2 aromatic rings. The molecule has 0 saturated heterocycles. The van der Waals surface area contributed by atoms with Crippen LogP contribution in [0.4, 0.5) is 11.5 Å². The van der Waals surface area contributed by atoms with Crippen molar-refractivity contribution in [3.05, 3.63) is 48.4 Å². The fraction of sp³-hybridized carbons (Fsp3) is 0.0833. The number of anilines is 2. The molecule has 0 unspecified atom stereocenters. The van der Waals surface area contributed by atoms with E-state index in [1.807, 2.05) is 0 Å². The Bertz CT molecular complexity index is 496. The zero-order chi connectivity index (χ0) is 12.1. The van der Waals surface area contributed by atoms with E-state index in [4.69, 9.17) is 5.73 Å². The molecule has 5 nitrogen and oxygen atoms in total. The third-order valence-electron chi connectivity index (χ3n) is 2.17. The molecule has 0 radical (unpaired) electrons. The number of hydrogen-bond acceptors (Lipinski definition) is 4. The van der Waals surface area contributed by atoms with Crippen LogP contribution in [-0.4, -0.2) is 15.9 Å². The van der Waals surface area contributed by atoms with Crippen LogP contribution in [0.3, 0.4) is 0 Å². The van der Waals surface area contributed by atoms with Crippen molar-refractivity contribution in [3.63, 3.8) is 0 Å². The minimum Gasteiger partial charge on any atom is -0.397 e. The molecule has 0 aromatic carbocycles. The highest BCUT2D eigenvalue weighted by atomic mass is 16.1. The average molecular weight is 228 g/mol. The molecule has 2 heterocycles. The summed E-state index contributed by atoms with van der Waals surface area (Å²) in [4.78, 5) is 19.5. The average Bonchev–Trinajstić information content (AvgIpc) is 2.33. The van der Waals surface area contributed by atoms with Gasteiger partial charge in [-0.3, -0.25) is 9.78 Å². The van der Waals surface area contributed by atoms with Gasteiger partial charge in [0.1, 0.15) is 5.82 Å². The first kappa shape index (κ1) is 11.1. The van der Waals surface area contributed by atoms with E-state index >= 15 is 0 Å². The Morgan fingerprint density at radius 2 is 2.00 bits per heavy atom. The molecule has 3 N–H and O–H groups in total. The number of carbonyl (C=O) groups excluding carboxylic acids is 1. The molecule has 0 aliphatic rings. The molecule has 17 heavy (non-hydrogen) atoms. The normalized spacial score (nSPS) is 9.88. The van der Waals surface area contributed by atoms with Gasteiger partial charge in [-0.1, -0.05) is 0 Å². The first-order chi connectivity index (χ1) is 8.24. The number of pyridine rings is 2. The van der Waals surface area contributed by atoms with E-state index in [0.717, 1.165) is 5.56 Å². The second kappa shape index (κ2) is 5.07. The van der Waals surface area contributed by atoms with Gasteiger partial charge in [-0.15, -0.1) is 0 Å². The maximum absolute atomic E-state index is 11.7. The molecule has 1 amide bonds. The van der Waals surface area contributed by atoms with Gasteiger partial charge in [0.15, 0.2) is 0 Å². The van der Waals surface area contributed by atoms with Crippen LogP contribution in [0.1, 0.15) is 5.56 Å². The smallest absolute Gasteiger partial charge is 0.229 e. The Morgan fingerprint density at radius 1 is 1.24 bits per heavy atom. The van der Waals surface area contributed by atoms with E-state index in [2.05, 4.69) is 15.3 Å². The summed E-state index contributed by atoms with van der Waals surface area (Å²) in [5, 5.41) is 2.69. The minimum absolute atomic E-state index is 0.117. The predicted octanol–water partition coefficient (Wildman–Crippen LogP) is 1.24. The molecule has 0 aliphatic carbocycles. The lowest BCUT2D eigenvalue weighted by molar-refractivity contribution is -0.115. The van der Waals surface area contributed by atoms with Gasteiger partial charge in [0.25, 0.3) is 0 Å². The molecule has 5 heteroatoms. The van der Waals surface area contributed by atoms with Crippen LogP contribution >= 0.6 is 0 Å². The van der Waals surface area contributed by atoms with Crippen molar-refractivity contribution in [3.8, 4) is 0 Å². The molecule has 86 valence electrons. The number of nitrogens with zero attached hydrogens (tertiary/aromatic N) is 2. The summed E-state index contributed by atoms with van der Waals surface area (Å²) in [7, 11) is 0. The summed E-state index contributed by atoms with van der Waals surface area (Å²) in [5.41, 5.74) is 6.98. The zero-order valence-electron chi connectivity index (χ0n) is 9.13. The number of nitrogens with one attached hydrogen (secondary N) is 1. The summed E-state index contributed by atoms with van der Waals surface area (Å²) >= 11 is 0. The number of nitrogens with two attached hydrogens (primary N) is 1. The van der Waals surface area contributed by atoms with E-state index in [1.54, 1.807) is 36.7 Å². The van der Waals surface area contributed by atoms with Gasteiger partial charge in [0.2, 0.25) is 5.91 Å². The van der Waals surface area contributed by atoms with E-state index in [-0.39, 0.29) is 5.91 Å². The minimum atomic E-state index is -0.117. The molecule has 0 spiro atoms. The molecule has 0 atom stereocenters. The fourth-order valence-corrected chi connectivity index (χ4v) is 1.35. The van der Waals surface area contributed by atoms with Crippen molar-refractivity contribution in [2.45, 2.75) is 6.42 Å². The molecule has 2 rings (SSSR count). The molecule has 0 aliphatic heterocycles. The lowest BCUT2D eigenvalue weighted by Gasteiger charge is -2.04. The Kier molecular flexibility index (Phi) is 3.30. The largest absolute Gasteiger partial charge is 0.397 e. The highest BCUT2D eigenvalue weighted by Crippen LogP contribution is 2.07. The van der Waals surface area contributed by atoms with Gasteiger partial charge in [-0.25, -0.2) is 4.98 Å². The van der Waals surface area contributed by atoms with Gasteiger partial charge in [-0.05, 0) is 29.8 Å². The van der Waals surface area contributed by atoms with Crippen molar-refractivity contribution in [1.82, 2.24) is 9.97 Å². The highest BCUT2D eigenvalue weighted by Gasteiger charge is 2.04. The van der Waals surface area contributed by atoms with Crippen LogP contribution in [0.2, 0.25) is 0 Å². The van der Waals surface area contributed by atoms with Crippen LogP contribution in [-0.2, 0) is 11.2 Å². The van der Waals surface area contributed by atoms with Crippen molar-refractivity contribution in [2.75, 3.05) is 11.1 Å². The van der Waals surface area contributed by atoms with Crippen LogP contribution in [0.5, 0.6) is 0 Å². The van der Waals surface area contributed by atoms with Crippen molar-refractivity contribution >= 4 is 17.4 Å². The van der Waals surface area contributed by atoms with Crippen molar-refractivity contribution in [1.29, 1.82) is 0 Å².